The van der Waals surface area contributed by atoms with Crippen molar-refractivity contribution in [2.75, 3.05) is 0 Å². The number of nitrogens with one attached hydrogen (secondary N) is 1. The number of carboxylic acid groups (broad SMARTS) is 1. The zero-order valence-electron chi connectivity index (χ0n) is 10.5. The maximum Gasteiger partial charge on any atom is 0.354 e. The first-order chi connectivity index (χ1) is 9.54. The Hall–Kier alpha value is -2.96. The number of hydrogen-bond acceptors (Lipinski definition) is 4. The summed E-state index contributed by atoms with van der Waals surface area (Å²) >= 11 is 0. The first kappa shape index (κ1) is 12.1. The maximum atomic E-state index is 11.8. The minimum absolute atomic E-state index is 0.0328. The minimum Gasteiger partial charge on any atom is -0.477 e. The Bertz CT molecular complexity index is 861. The second-order valence-electron chi connectivity index (χ2n) is 4.36. The lowest BCUT2D eigenvalue weighted by Crippen LogP contribution is -2.17. The molecule has 3 aromatic rings. The zero-order chi connectivity index (χ0) is 14.3. The van der Waals surface area contributed by atoms with Crippen LogP contribution in [-0.2, 0) is 0 Å². The highest BCUT2D eigenvalue weighted by atomic mass is 16.4. The lowest BCUT2D eigenvalue weighted by molar-refractivity contribution is 0.0690. The van der Waals surface area contributed by atoms with Crippen LogP contribution in [0.1, 0.15) is 16.1 Å². The number of aryl methyl sites for hydroxylation is 1. The van der Waals surface area contributed by atoms with Gasteiger partial charge in [0.2, 0.25) is 0 Å². The molecule has 3 rings (SSSR count). The van der Waals surface area contributed by atoms with Crippen molar-refractivity contribution in [2.45, 2.75) is 6.92 Å². The number of aromatic amines is 1. The Balaban J connectivity index is 2.20. The summed E-state index contributed by atoms with van der Waals surface area (Å²) in [6.07, 6.45) is 0. The average molecular weight is 270 g/mol. The number of benzene rings is 1. The third-order valence-corrected chi connectivity index (χ3v) is 2.87. The number of carboxylic acids is 1. The Kier molecular flexibility index (Phi) is 2.60. The SMILES string of the molecule is Cc1ccc(-c2nc3nc(C(=O)O)cc(=O)n3[nH]2)cc1. The molecule has 0 spiro atoms. The highest BCUT2D eigenvalue weighted by Gasteiger charge is 2.12. The smallest absolute Gasteiger partial charge is 0.354 e. The standard InChI is InChI=1S/C13H10N4O3/c1-7-2-4-8(5-3-7)11-15-13-14-9(12(19)20)6-10(18)17(13)16-11/h2-6H,1H3,(H,19,20)(H,14,15,16). The average Bonchev–Trinajstić information content (AvgIpc) is 2.84. The molecular weight excluding hydrogens is 260 g/mol. The summed E-state index contributed by atoms with van der Waals surface area (Å²) in [7, 11) is 0. The van der Waals surface area contributed by atoms with Crippen molar-refractivity contribution in [3.05, 3.63) is 51.9 Å². The van der Waals surface area contributed by atoms with Crippen molar-refractivity contribution >= 4 is 11.7 Å². The number of carbonyl (C=O) groups is 1. The Morgan fingerprint density at radius 3 is 2.60 bits per heavy atom. The monoisotopic (exact) mass is 270 g/mol. The van der Waals surface area contributed by atoms with Crippen LogP contribution in [0.2, 0.25) is 0 Å². The molecule has 0 aliphatic rings. The molecule has 0 amide bonds. The van der Waals surface area contributed by atoms with Gasteiger partial charge in [-0.2, -0.15) is 9.50 Å². The van der Waals surface area contributed by atoms with Gasteiger partial charge in [0.1, 0.15) is 0 Å². The quantitative estimate of drug-likeness (QED) is 0.726. The third kappa shape index (κ3) is 1.95. The third-order valence-electron chi connectivity index (χ3n) is 2.87. The second-order valence-corrected chi connectivity index (χ2v) is 4.36. The van der Waals surface area contributed by atoms with E-state index in [1.54, 1.807) is 0 Å². The van der Waals surface area contributed by atoms with Crippen molar-refractivity contribution in [3.63, 3.8) is 0 Å². The van der Waals surface area contributed by atoms with Crippen molar-refractivity contribution in [1.82, 2.24) is 19.6 Å². The van der Waals surface area contributed by atoms with Crippen LogP contribution in [0.4, 0.5) is 0 Å². The molecule has 2 N–H and O–H groups in total. The fraction of sp³-hybridized carbons (Fsp3) is 0.0769. The number of fused-ring (bicyclic) bond motifs is 1. The summed E-state index contributed by atoms with van der Waals surface area (Å²) in [5.74, 6) is -0.771. The summed E-state index contributed by atoms with van der Waals surface area (Å²) in [6.45, 7) is 1.97. The van der Waals surface area contributed by atoms with E-state index in [0.717, 1.165) is 21.7 Å². The van der Waals surface area contributed by atoms with Crippen LogP contribution in [0.25, 0.3) is 17.2 Å². The fourth-order valence-electron chi connectivity index (χ4n) is 1.83. The van der Waals surface area contributed by atoms with Gasteiger partial charge >= 0.3 is 5.97 Å². The van der Waals surface area contributed by atoms with E-state index in [1.807, 2.05) is 31.2 Å². The minimum atomic E-state index is -1.26. The van der Waals surface area contributed by atoms with E-state index in [1.165, 1.54) is 0 Å². The first-order valence-electron chi connectivity index (χ1n) is 5.85. The van der Waals surface area contributed by atoms with Crippen LogP contribution in [0, 0.1) is 6.92 Å². The summed E-state index contributed by atoms with van der Waals surface area (Å²) in [6, 6.07) is 8.50. The molecule has 20 heavy (non-hydrogen) atoms. The highest BCUT2D eigenvalue weighted by Crippen LogP contribution is 2.15. The van der Waals surface area contributed by atoms with E-state index in [-0.39, 0.29) is 11.5 Å². The molecule has 0 saturated heterocycles. The van der Waals surface area contributed by atoms with Gasteiger partial charge in [-0.05, 0) is 6.92 Å². The Morgan fingerprint density at radius 2 is 1.95 bits per heavy atom. The van der Waals surface area contributed by atoms with Crippen molar-refractivity contribution < 1.29 is 9.90 Å². The van der Waals surface area contributed by atoms with E-state index in [9.17, 15) is 9.59 Å². The Morgan fingerprint density at radius 1 is 1.25 bits per heavy atom. The van der Waals surface area contributed by atoms with Gasteiger partial charge in [-0.1, -0.05) is 29.8 Å². The number of aromatic carboxylic acids is 1. The van der Waals surface area contributed by atoms with Crippen molar-refractivity contribution in [2.24, 2.45) is 0 Å². The number of hydrogen-bond donors (Lipinski definition) is 2. The lowest BCUT2D eigenvalue weighted by atomic mass is 10.1. The van der Waals surface area contributed by atoms with Crippen molar-refractivity contribution in [1.29, 1.82) is 0 Å². The van der Waals surface area contributed by atoms with Crippen LogP contribution in [0.5, 0.6) is 0 Å². The first-order valence-corrected chi connectivity index (χ1v) is 5.85. The van der Waals surface area contributed by atoms with Gasteiger partial charge < -0.3 is 5.11 Å². The molecule has 1 aromatic carbocycles. The molecule has 0 saturated carbocycles. The largest absolute Gasteiger partial charge is 0.477 e. The molecular formula is C13H10N4O3. The molecule has 100 valence electrons. The van der Waals surface area contributed by atoms with Crippen LogP contribution in [0.15, 0.2) is 35.1 Å². The van der Waals surface area contributed by atoms with E-state index in [4.69, 9.17) is 5.11 Å². The van der Waals surface area contributed by atoms with Gasteiger partial charge in [-0.3, -0.25) is 9.89 Å². The summed E-state index contributed by atoms with van der Waals surface area (Å²) in [5, 5.41) is 11.7. The number of nitrogens with zero attached hydrogens (tertiary/aromatic N) is 3. The van der Waals surface area contributed by atoms with Gasteiger partial charge in [0.15, 0.2) is 11.5 Å². The van der Waals surface area contributed by atoms with E-state index < -0.39 is 11.5 Å². The van der Waals surface area contributed by atoms with E-state index in [0.29, 0.717) is 5.82 Å². The molecule has 0 atom stereocenters. The molecule has 0 radical (unpaired) electrons. The molecule has 0 bridgehead atoms. The van der Waals surface area contributed by atoms with Gasteiger partial charge in [-0.15, -0.1) is 0 Å². The molecule has 2 heterocycles. The fourth-order valence-corrected chi connectivity index (χ4v) is 1.83. The Labute approximate surface area is 112 Å². The maximum absolute atomic E-state index is 11.8. The molecule has 7 heteroatoms. The van der Waals surface area contributed by atoms with Gasteiger partial charge in [0, 0.05) is 11.6 Å². The van der Waals surface area contributed by atoms with Gasteiger partial charge in [0.05, 0.1) is 0 Å². The van der Waals surface area contributed by atoms with Gasteiger partial charge in [-0.25, -0.2) is 9.78 Å². The predicted octanol–water partition coefficient (Wildman–Crippen LogP) is 1.09. The lowest BCUT2D eigenvalue weighted by Gasteiger charge is -1.96. The topological polar surface area (TPSA) is 100 Å². The highest BCUT2D eigenvalue weighted by molar-refractivity contribution is 5.85. The zero-order valence-corrected chi connectivity index (χ0v) is 10.5. The molecule has 0 fully saturated rings. The predicted molar refractivity (Wildman–Crippen MR) is 70.7 cm³/mol. The number of H-pyrrole nitrogens is 1. The number of rotatable bonds is 2. The molecule has 0 unspecified atom stereocenters. The van der Waals surface area contributed by atoms with Crippen LogP contribution >= 0.6 is 0 Å². The molecule has 0 aliphatic carbocycles. The second kappa shape index (κ2) is 4.30. The van der Waals surface area contributed by atoms with Crippen LogP contribution in [-0.4, -0.2) is 30.7 Å². The molecule has 0 aliphatic heterocycles. The normalized spacial score (nSPS) is 10.8. The molecule has 2 aromatic heterocycles. The van der Waals surface area contributed by atoms with Gasteiger partial charge in [0.25, 0.3) is 11.3 Å². The van der Waals surface area contributed by atoms with Crippen LogP contribution in [0.3, 0.4) is 0 Å². The van der Waals surface area contributed by atoms with E-state index in [2.05, 4.69) is 15.1 Å². The van der Waals surface area contributed by atoms with E-state index >= 15 is 0 Å². The summed E-state index contributed by atoms with van der Waals surface area (Å²) in [5.41, 5.74) is 1.06. The van der Waals surface area contributed by atoms with Crippen LogP contribution < -0.4 is 5.56 Å². The summed E-state index contributed by atoms with van der Waals surface area (Å²) < 4.78 is 1.11. The molecule has 7 nitrogen and oxygen atoms in total. The number of aromatic nitrogens is 4. The summed E-state index contributed by atoms with van der Waals surface area (Å²) in [4.78, 5) is 30.6. The van der Waals surface area contributed by atoms with Crippen molar-refractivity contribution in [3.8, 4) is 11.4 Å².